The molecule has 2 aromatic carbocycles. The molecule has 0 unspecified atom stereocenters. The fourth-order valence-corrected chi connectivity index (χ4v) is 2.62. The fraction of sp³-hybridized carbons (Fsp3) is 0.250. The molecule has 24 heavy (non-hydrogen) atoms. The van der Waals surface area contributed by atoms with Gasteiger partial charge < -0.3 is 14.6 Å². The first-order valence-electron chi connectivity index (χ1n) is 7.79. The summed E-state index contributed by atoms with van der Waals surface area (Å²) in [4.78, 5) is 12.0. The molecule has 0 saturated carbocycles. The van der Waals surface area contributed by atoms with Gasteiger partial charge >= 0.3 is 5.97 Å². The number of benzene rings is 2. The number of hydrogen-bond donors (Lipinski definition) is 1. The highest BCUT2D eigenvalue weighted by atomic mass is 16.7. The number of carbonyl (C=O) groups is 1. The van der Waals surface area contributed by atoms with Crippen LogP contribution in [0.4, 0.5) is 0 Å². The lowest BCUT2D eigenvalue weighted by molar-refractivity contribution is -0.130. The molecule has 0 atom stereocenters. The van der Waals surface area contributed by atoms with E-state index in [1.807, 2.05) is 44.2 Å². The predicted octanol–water partition coefficient (Wildman–Crippen LogP) is 4.32. The van der Waals surface area contributed by atoms with Crippen LogP contribution in [0.15, 0.2) is 54.6 Å². The van der Waals surface area contributed by atoms with Gasteiger partial charge in [-0.15, -0.1) is 0 Å². The second kappa shape index (κ2) is 8.31. The van der Waals surface area contributed by atoms with E-state index in [2.05, 4.69) is 0 Å². The van der Waals surface area contributed by atoms with Gasteiger partial charge in [-0.1, -0.05) is 56.3 Å². The number of methoxy groups -OCH3 is 1. The molecule has 1 N–H and O–H groups in total. The van der Waals surface area contributed by atoms with Gasteiger partial charge in [0.05, 0.1) is 5.57 Å². The maximum absolute atomic E-state index is 12.0. The summed E-state index contributed by atoms with van der Waals surface area (Å²) >= 11 is 0. The fourth-order valence-electron chi connectivity index (χ4n) is 2.62. The first-order chi connectivity index (χ1) is 11.5. The van der Waals surface area contributed by atoms with Crippen molar-refractivity contribution in [1.82, 2.24) is 0 Å². The van der Waals surface area contributed by atoms with Gasteiger partial charge in [0.2, 0.25) is 0 Å². The molecule has 0 aliphatic carbocycles. The Morgan fingerprint density at radius 2 is 1.62 bits per heavy atom. The van der Waals surface area contributed by atoms with E-state index < -0.39 is 5.97 Å². The largest absolute Gasteiger partial charge is 0.478 e. The van der Waals surface area contributed by atoms with Gasteiger partial charge in [0.1, 0.15) is 5.75 Å². The summed E-state index contributed by atoms with van der Waals surface area (Å²) in [6.07, 6.45) is 0. The molecule has 0 aliphatic rings. The Morgan fingerprint density at radius 1 is 1.00 bits per heavy atom. The van der Waals surface area contributed by atoms with Gasteiger partial charge in [-0.25, -0.2) is 4.79 Å². The molecule has 4 heteroatoms. The predicted molar refractivity (Wildman–Crippen MR) is 94.7 cm³/mol. The number of allylic oxidation sites excluding steroid dienone is 1. The zero-order chi connectivity index (χ0) is 17.5. The normalized spacial score (nSPS) is 12.0. The number of ether oxygens (including phenoxy) is 2. The van der Waals surface area contributed by atoms with Gasteiger partial charge in [0, 0.05) is 7.11 Å². The maximum atomic E-state index is 12.0. The third-order valence-electron chi connectivity index (χ3n) is 3.63. The van der Waals surface area contributed by atoms with E-state index in [1.54, 1.807) is 31.4 Å². The Bertz CT molecular complexity index is 700. The first kappa shape index (κ1) is 17.8. The maximum Gasteiger partial charge on any atom is 0.336 e. The smallest absolute Gasteiger partial charge is 0.336 e. The molecule has 0 spiro atoms. The Balaban J connectivity index is 2.52. The molecular formula is C20H22O4. The highest BCUT2D eigenvalue weighted by molar-refractivity contribution is 6.24. The number of rotatable bonds is 7. The van der Waals surface area contributed by atoms with Gasteiger partial charge in [0.15, 0.2) is 6.79 Å². The number of carboxylic acids is 1. The van der Waals surface area contributed by atoms with Crippen LogP contribution in [0.5, 0.6) is 5.75 Å². The van der Waals surface area contributed by atoms with Crippen molar-refractivity contribution in [3.63, 3.8) is 0 Å². The van der Waals surface area contributed by atoms with E-state index in [4.69, 9.17) is 9.47 Å². The summed E-state index contributed by atoms with van der Waals surface area (Å²) in [6.45, 7) is 4.16. The van der Waals surface area contributed by atoms with Crippen LogP contribution < -0.4 is 4.74 Å². The SMILES string of the molecule is COCOc1ccc(/C(C(=O)O)=C(\c2ccccc2)C(C)C)cc1. The zero-order valence-electron chi connectivity index (χ0n) is 14.2. The second-order valence-corrected chi connectivity index (χ2v) is 5.69. The van der Waals surface area contributed by atoms with E-state index >= 15 is 0 Å². The van der Waals surface area contributed by atoms with E-state index in [0.29, 0.717) is 16.9 Å². The average Bonchev–Trinajstić information content (AvgIpc) is 2.58. The van der Waals surface area contributed by atoms with Crippen LogP contribution in [0.1, 0.15) is 25.0 Å². The molecule has 0 radical (unpaired) electrons. The number of aliphatic carboxylic acids is 1. The first-order valence-corrected chi connectivity index (χ1v) is 7.79. The quantitative estimate of drug-likeness (QED) is 0.468. The summed E-state index contributed by atoms with van der Waals surface area (Å²) in [5.41, 5.74) is 2.70. The Labute approximate surface area is 142 Å². The highest BCUT2D eigenvalue weighted by Gasteiger charge is 2.20. The molecule has 0 bridgehead atoms. The molecule has 0 heterocycles. The van der Waals surface area contributed by atoms with Gasteiger partial charge in [-0.2, -0.15) is 0 Å². The lowest BCUT2D eigenvalue weighted by Crippen LogP contribution is -2.07. The zero-order valence-corrected chi connectivity index (χ0v) is 14.2. The van der Waals surface area contributed by atoms with E-state index in [9.17, 15) is 9.90 Å². The molecule has 2 aromatic rings. The minimum Gasteiger partial charge on any atom is -0.478 e. The summed E-state index contributed by atoms with van der Waals surface area (Å²) < 4.78 is 10.2. The highest BCUT2D eigenvalue weighted by Crippen LogP contribution is 2.33. The van der Waals surface area contributed by atoms with Gasteiger partial charge in [0.25, 0.3) is 0 Å². The van der Waals surface area contributed by atoms with Crippen LogP contribution in [0.2, 0.25) is 0 Å². The molecule has 4 nitrogen and oxygen atoms in total. The van der Waals surface area contributed by atoms with Gasteiger partial charge in [-0.3, -0.25) is 0 Å². The van der Waals surface area contributed by atoms with Crippen molar-refractivity contribution < 1.29 is 19.4 Å². The van der Waals surface area contributed by atoms with Crippen LogP contribution in [-0.2, 0) is 9.53 Å². The Kier molecular flexibility index (Phi) is 6.15. The van der Waals surface area contributed by atoms with Crippen molar-refractivity contribution in [2.45, 2.75) is 13.8 Å². The topological polar surface area (TPSA) is 55.8 Å². The van der Waals surface area contributed by atoms with Crippen LogP contribution in [-0.4, -0.2) is 25.0 Å². The van der Waals surface area contributed by atoms with Crippen molar-refractivity contribution in [1.29, 1.82) is 0 Å². The van der Waals surface area contributed by atoms with E-state index in [1.165, 1.54) is 0 Å². The Morgan fingerprint density at radius 3 is 2.12 bits per heavy atom. The van der Waals surface area contributed by atoms with Crippen molar-refractivity contribution in [2.24, 2.45) is 5.92 Å². The summed E-state index contributed by atoms with van der Waals surface area (Å²) in [5, 5.41) is 9.81. The molecular weight excluding hydrogens is 304 g/mol. The van der Waals surface area contributed by atoms with E-state index in [-0.39, 0.29) is 12.7 Å². The average molecular weight is 326 g/mol. The molecule has 0 fully saturated rings. The van der Waals surface area contributed by atoms with E-state index in [0.717, 1.165) is 11.1 Å². The second-order valence-electron chi connectivity index (χ2n) is 5.69. The van der Waals surface area contributed by atoms with Crippen molar-refractivity contribution in [2.75, 3.05) is 13.9 Å². The Hall–Kier alpha value is -2.59. The summed E-state index contributed by atoms with van der Waals surface area (Å²) in [5.74, 6) is -0.229. The number of hydrogen-bond acceptors (Lipinski definition) is 3. The van der Waals surface area contributed by atoms with Gasteiger partial charge in [-0.05, 0) is 34.8 Å². The molecule has 2 rings (SSSR count). The van der Waals surface area contributed by atoms with Crippen LogP contribution in [0.25, 0.3) is 11.1 Å². The molecule has 0 aliphatic heterocycles. The third kappa shape index (κ3) is 4.24. The minimum absolute atomic E-state index is 0.0721. The lowest BCUT2D eigenvalue weighted by Gasteiger charge is -2.17. The van der Waals surface area contributed by atoms with Crippen LogP contribution >= 0.6 is 0 Å². The minimum atomic E-state index is -0.937. The third-order valence-corrected chi connectivity index (χ3v) is 3.63. The number of carboxylic acid groups (broad SMARTS) is 1. The molecule has 0 saturated heterocycles. The summed E-state index contributed by atoms with van der Waals surface area (Å²) in [6, 6.07) is 16.7. The van der Waals surface area contributed by atoms with Crippen molar-refractivity contribution in [3.8, 4) is 5.75 Å². The van der Waals surface area contributed by atoms with Crippen molar-refractivity contribution >= 4 is 17.1 Å². The molecule has 0 amide bonds. The van der Waals surface area contributed by atoms with Crippen LogP contribution in [0.3, 0.4) is 0 Å². The van der Waals surface area contributed by atoms with Crippen LogP contribution in [0, 0.1) is 5.92 Å². The summed E-state index contributed by atoms with van der Waals surface area (Å²) in [7, 11) is 1.55. The molecule has 126 valence electrons. The standard InChI is InChI=1S/C20H22O4/c1-14(2)18(15-7-5-4-6-8-15)19(20(21)22)16-9-11-17(12-10-16)24-13-23-3/h4-12,14H,13H2,1-3H3,(H,21,22)/b19-18+. The lowest BCUT2D eigenvalue weighted by atomic mass is 9.87. The molecule has 0 aromatic heterocycles. The monoisotopic (exact) mass is 326 g/mol. The van der Waals surface area contributed by atoms with Crippen molar-refractivity contribution in [3.05, 3.63) is 65.7 Å².